The molecule has 0 unspecified atom stereocenters. The minimum atomic E-state index is -0.170. The van der Waals surface area contributed by atoms with Crippen LogP contribution in [0.25, 0.3) is 22.6 Å². The van der Waals surface area contributed by atoms with E-state index in [4.69, 9.17) is 8.94 Å². The fourth-order valence-corrected chi connectivity index (χ4v) is 3.06. The predicted octanol–water partition coefficient (Wildman–Crippen LogP) is 2.62. The van der Waals surface area contributed by atoms with Gasteiger partial charge in [0, 0.05) is 13.2 Å². The molecular weight excluding hydrogens is 354 g/mol. The number of benzene rings is 1. The zero-order chi connectivity index (χ0) is 17.9. The van der Waals surface area contributed by atoms with E-state index in [1.807, 2.05) is 54.2 Å². The highest BCUT2D eigenvalue weighted by molar-refractivity contribution is 7.99. The van der Waals surface area contributed by atoms with Crippen molar-refractivity contribution in [2.24, 2.45) is 7.05 Å². The van der Waals surface area contributed by atoms with Crippen LogP contribution in [0.5, 0.6) is 0 Å². The lowest BCUT2D eigenvalue weighted by Crippen LogP contribution is -2.24. The molecule has 1 aromatic carbocycles. The molecule has 0 aliphatic heterocycles. The standard InChI is InChI=1S/C17H15N5O3S/c1-22-8-4-6-12(22)16-20-15(25-21-16)9-18-14(23)10-26-17-19-11-5-2-3-7-13(11)24-17/h2-8H,9-10H2,1H3,(H,18,23). The normalized spacial score (nSPS) is 11.1. The third-order valence-corrected chi connectivity index (χ3v) is 4.51. The van der Waals surface area contributed by atoms with Crippen LogP contribution in [-0.2, 0) is 18.4 Å². The second-order valence-corrected chi connectivity index (χ2v) is 6.46. The molecule has 9 heteroatoms. The van der Waals surface area contributed by atoms with Gasteiger partial charge in [-0.05, 0) is 24.3 Å². The van der Waals surface area contributed by atoms with Crippen molar-refractivity contribution in [1.29, 1.82) is 0 Å². The van der Waals surface area contributed by atoms with Crippen LogP contribution in [0, 0.1) is 0 Å². The smallest absolute Gasteiger partial charge is 0.257 e. The van der Waals surface area contributed by atoms with E-state index in [-0.39, 0.29) is 18.2 Å². The minimum absolute atomic E-state index is 0.170. The molecule has 0 radical (unpaired) electrons. The summed E-state index contributed by atoms with van der Waals surface area (Å²) in [5.74, 6) is 0.853. The van der Waals surface area contributed by atoms with E-state index in [1.165, 1.54) is 11.8 Å². The SMILES string of the molecule is Cn1cccc1-c1noc(CNC(=O)CSc2nc3ccccc3o2)n1. The second kappa shape index (κ2) is 7.04. The fourth-order valence-electron chi connectivity index (χ4n) is 2.39. The van der Waals surface area contributed by atoms with Gasteiger partial charge in [-0.25, -0.2) is 4.98 Å². The summed E-state index contributed by atoms with van der Waals surface area (Å²) in [7, 11) is 1.90. The van der Waals surface area contributed by atoms with Gasteiger partial charge >= 0.3 is 0 Å². The number of rotatable bonds is 6. The molecule has 1 N–H and O–H groups in total. The number of hydrogen-bond acceptors (Lipinski definition) is 7. The Kier molecular flexibility index (Phi) is 4.44. The Hall–Kier alpha value is -3.07. The summed E-state index contributed by atoms with van der Waals surface area (Å²) in [6.07, 6.45) is 1.90. The van der Waals surface area contributed by atoms with E-state index >= 15 is 0 Å². The average molecular weight is 369 g/mol. The van der Waals surface area contributed by atoms with Gasteiger partial charge in [0.2, 0.25) is 17.6 Å². The number of fused-ring (bicyclic) bond motifs is 1. The number of para-hydroxylation sites is 2. The summed E-state index contributed by atoms with van der Waals surface area (Å²) in [4.78, 5) is 20.6. The quantitative estimate of drug-likeness (QED) is 0.522. The number of carbonyl (C=O) groups is 1. The number of nitrogens with zero attached hydrogens (tertiary/aromatic N) is 4. The molecule has 0 bridgehead atoms. The first-order valence-electron chi connectivity index (χ1n) is 7.88. The van der Waals surface area contributed by atoms with Crippen LogP contribution >= 0.6 is 11.8 Å². The van der Waals surface area contributed by atoms with Crippen LogP contribution in [0.3, 0.4) is 0 Å². The van der Waals surface area contributed by atoms with E-state index < -0.39 is 0 Å². The van der Waals surface area contributed by atoms with Gasteiger partial charge in [-0.1, -0.05) is 29.1 Å². The van der Waals surface area contributed by atoms with Gasteiger partial charge in [0.25, 0.3) is 5.22 Å². The number of aromatic nitrogens is 4. The van der Waals surface area contributed by atoms with Crippen LogP contribution in [0.1, 0.15) is 5.89 Å². The van der Waals surface area contributed by atoms with E-state index in [2.05, 4.69) is 20.4 Å². The first kappa shape index (κ1) is 16.4. The summed E-state index contributed by atoms with van der Waals surface area (Å²) >= 11 is 1.23. The molecule has 26 heavy (non-hydrogen) atoms. The monoisotopic (exact) mass is 369 g/mol. The number of amides is 1. The molecule has 0 saturated carbocycles. The molecule has 3 heterocycles. The maximum atomic E-state index is 12.0. The first-order valence-corrected chi connectivity index (χ1v) is 8.87. The van der Waals surface area contributed by atoms with E-state index in [1.54, 1.807) is 0 Å². The largest absolute Gasteiger partial charge is 0.431 e. The molecule has 3 aromatic heterocycles. The summed E-state index contributed by atoms with van der Waals surface area (Å²) in [6.45, 7) is 0.171. The Morgan fingerprint density at radius 2 is 2.12 bits per heavy atom. The average Bonchev–Trinajstić information content (AvgIpc) is 3.36. The van der Waals surface area contributed by atoms with Crippen molar-refractivity contribution >= 4 is 28.8 Å². The molecule has 0 atom stereocenters. The highest BCUT2D eigenvalue weighted by atomic mass is 32.2. The van der Waals surface area contributed by atoms with Crippen molar-refractivity contribution in [2.75, 3.05) is 5.75 Å². The Balaban J connectivity index is 1.30. The topological polar surface area (TPSA) is 99.0 Å². The minimum Gasteiger partial charge on any atom is -0.431 e. The molecule has 4 rings (SSSR count). The molecule has 1 amide bonds. The van der Waals surface area contributed by atoms with Crippen LogP contribution in [-0.4, -0.2) is 31.4 Å². The number of thioether (sulfide) groups is 1. The van der Waals surface area contributed by atoms with Crippen LogP contribution in [0.4, 0.5) is 0 Å². The van der Waals surface area contributed by atoms with Crippen molar-refractivity contribution in [3.05, 3.63) is 48.5 Å². The van der Waals surface area contributed by atoms with E-state index in [0.29, 0.717) is 22.5 Å². The molecule has 0 fully saturated rings. The Bertz CT molecular complexity index is 1020. The highest BCUT2D eigenvalue weighted by Crippen LogP contribution is 2.22. The van der Waals surface area contributed by atoms with Gasteiger partial charge in [-0.3, -0.25) is 4.79 Å². The van der Waals surface area contributed by atoms with Crippen molar-refractivity contribution in [3.8, 4) is 11.5 Å². The van der Waals surface area contributed by atoms with Gasteiger partial charge in [0.1, 0.15) is 5.52 Å². The third-order valence-electron chi connectivity index (χ3n) is 3.68. The van der Waals surface area contributed by atoms with Crippen molar-refractivity contribution in [2.45, 2.75) is 11.8 Å². The van der Waals surface area contributed by atoms with Gasteiger partial charge < -0.3 is 18.8 Å². The van der Waals surface area contributed by atoms with Gasteiger partial charge in [0.05, 0.1) is 18.0 Å². The Morgan fingerprint density at radius 1 is 1.23 bits per heavy atom. The number of nitrogens with one attached hydrogen (secondary N) is 1. The van der Waals surface area contributed by atoms with Crippen LogP contribution < -0.4 is 5.32 Å². The Morgan fingerprint density at radius 3 is 2.92 bits per heavy atom. The summed E-state index contributed by atoms with van der Waals surface area (Å²) < 4.78 is 12.6. The molecular formula is C17H15N5O3S. The number of hydrogen-bond donors (Lipinski definition) is 1. The van der Waals surface area contributed by atoms with Crippen molar-refractivity contribution < 1.29 is 13.7 Å². The lowest BCUT2D eigenvalue weighted by atomic mass is 10.3. The third kappa shape index (κ3) is 3.47. The summed E-state index contributed by atoms with van der Waals surface area (Å²) in [5, 5.41) is 7.13. The predicted molar refractivity (Wildman–Crippen MR) is 95.3 cm³/mol. The van der Waals surface area contributed by atoms with Crippen LogP contribution in [0.2, 0.25) is 0 Å². The van der Waals surface area contributed by atoms with Gasteiger partial charge in [-0.15, -0.1) is 0 Å². The number of oxazole rings is 1. The van der Waals surface area contributed by atoms with E-state index in [9.17, 15) is 4.79 Å². The van der Waals surface area contributed by atoms with Crippen LogP contribution in [0.15, 0.2) is 56.8 Å². The lowest BCUT2D eigenvalue weighted by molar-refractivity contribution is -0.118. The van der Waals surface area contributed by atoms with Gasteiger partial charge in [-0.2, -0.15) is 4.98 Å². The molecule has 0 saturated heterocycles. The molecule has 0 aliphatic rings. The maximum absolute atomic E-state index is 12.0. The molecule has 0 aliphatic carbocycles. The summed E-state index contributed by atoms with van der Waals surface area (Å²) in [5.41, 5.74) is 2.32. The number of carbonyl (C=O) groups excluding carboxylic acids is 1. The molecule has 132 valence electrons. The molecule has 0 spiro atoms. The molecule has 4 aromatic rings. The lowest BCUT2D eigenvalue weighted by Gasteiger charge is -2.00. The van der Waals surface area contributed by atoms with Crippen molar-refractivity contribution in [1.82, 2.24) is 25.0 Å². The highest BCUT2D eigenvalue weighted by Gasteiger charge is 2.13. The second-order valence-electron chi connectivity index (χ2n) is 5.53. The zero-order valence-corrected chi connectivity index (χ0v) is 14.7. The zero-order valence-electron chi connectivity index (χ0n) is 13.9. The number of aryl methyl sites for hydroxylation is 1. The summed E-state index contributed by atoms with van der Waals surface area (Å²) in [6, 6.07) is 11.3. The first-order chi connectivity index (χ1) is 12.7. The van der Waals surface area contributed by atoms with E-state index in [0.717, 1.165) is 11.2 Å². The van der Waals surface area contributed by atoms with Gasteiger partial charge in [0.15, 0.2) is 5.58 Å². The van der Waals surface area contributed by atoms with Crippen molar-refractivity contribution in [3.63, 3.8) is 0 Å². The molecule has 8 nitrogen and oxygen atoms in total. The Labute approximate surface area is 152 Å². The maximum Gasteiger partial charge on any atom is 0.257 e. The fraction of sp³-hybridized carbons (Fsp3) is 0.176.